The van der Waals surface area contributed by atoms with Crippen molar-refractivity contribution < 1.29 is 4.74 Å². The second kappa shape index (κ2) is 6.29. The molecule has 2 aromatic rings. The number of benzene rings is 2. The van der Waals surface area contributed by atoms with Crippen LogP contribution in [0.25, 0.3) is 0 Å². The third-order valence-corrected chi connectivity index (χ3v) is 4.84. The fourth-order valence-electron chi connectivity index (χ4n) is 2.51. The van der Waals surface area contributed by atoms with E-state index >= 15 is 0 Å². The van der Waals surface area contributed by atoms with Crippen LogP contribution < -0.4 is 5.32 Å². The monoisotopic (exact) mass is 395 g/mol. The first-order chi connectivity index (χ1) is 9.75. The predicted octanol–water partition coefficient (Wildman–Crippen LogP) is 4.94. The average Bonchev–Trinajstić information content (AvgIpc) is 2.47. The summed E-state index contributed by atoms with van der Waals surface area (Å²) in [5.74, 6) is 0. The van der Waals surface area contributed by atoms with Crippen LogP contribution in [0.1, 0.15) is 17.2 Å². The van der Waals surface area contributed by atoms with Gasteiger partial charge in [-0.15, -0.1) is 0 Å². The highest BCUT2D eigenvalue weighted by molar-refractivity contribution is 9.11. The molecule has 0 spiro atoms. The normalized spacial score (nSPS) is 17.6. The third kappa shape index (κ3) is 2.92. The molecule has 1 atom stereocenters. The van der Waals surface area contributed by atoms with Crippen molar-refractivity contribution in [3.63, 3.8) is 0 Å². The molecule has 0 radical (unpaired) electrons. The van der Waals surface area contributed by atoms with E-state index in [9.17, 15) is 0 Å². The van der Waals surface area contributed by atoms with Gasteiger partial charge in [0.15, 0.2) is 0 Å². The molecule has 4 heteroatoms. The van der Waals surface area contributed by atoms with Crippen LogP contribution in [-0.2, 0) is 11.2 Å². The zero-order valence-electron chi connectivity index (χ0n) is 10.9. The van der Waals surface area contributed by atoms with Crippen molar-refractivity contribution in [3.05, 3.63) is 62.5 Å². The Morgan fingerprint density at radius 2 is 1.80 bits per heavy atom. The predicted molar refractivity (Wildman–Crippen MR) is 89.2 cm³/mol. The van der Waals surface area contributed by atoms with Crippen molar-refractivity contribution in [1.29, 1.82) is 0 Å². The smallest absolute Gasteiger partial charge is 0.0999 e. The lowest BCUT2D eigenvalue weighted by Gasteiger charge is -2.27. The molecule has 0 aromatic heterocycles. The number of para-hydroxylation sites is 1. The molecule has 2 nitrogen and oxygen atoms in total. The Labute approximate surface area is 135 Å². The molecular weight excluding hydrogens is 382 g/mol. The number of halogens is 2. The Hall–Kier alpha value is -0.840. The van der Waals surface area contributed by atoms with Crippen LogP contribution in [0.15, 0.2) is 51.4 Å². The SMILES string of the molecule is Brc1cccc(Br)c1NCC1OCCc2ccccc21. The van der Waals surface area contributed by atoms with E-state index in [4.69, 9.17) is 4.74 Å². The molecule has 2 aromatic carbocycles. The molecule has 1 aliphatic heterocycles. The van der Waals surface area contributed by atoms with Crippen LogP contribution in [0, 0.1) is 0 Å². The highest BCUT2D eigenvalue weighted by atomic mass is 79.9. The largest absolute Gasteiger partial charge is 0.380 e. The van der Waals surface area contributed by atoms with Gasteiger partial charge in [-0.05, 0) is 61.5 Å². The van der Waals surface area contributed by atoms with Crippen molar-refractivity contribution >= 4 is 37.5 Å². The first-order valence-corrected chi connectivity index (χ1v) is 8.21. The van der Waals surface area contributed by atoms with Gasteiger partial charge in [0.2, 0.25) is 0 Å². The van der Waals surface area contributed by atoms with Gasteiger partial charge >= 0.3 is 0 Å². The zero-order chi connectivity index (χ0) is 13.9. The second-order valence-corrected chi connectivity index (χ2v) is 6.49. The van der Waals surface area contributed by atoms with Crippen LogP contribution in [0.4, 0.5) is 5.69 Å². The molecule has 3 rings (SSSR count). The van der Waals surface area contributed by atoms with Gasteiger partial charge in [-0.1, -0.05) is 30.3 Å². The Balaban J connectivity index is 1.77. The maximum Gasteiger partial charge on any atom is 0.0999 e. The summed E-state index contributed by atoms with van der Waals surface area (Å²) in [6, 6.07) is 14.6. The van der Waals surface area contributed by atoms with E-state index in [-0.39, 0.29) is 6.10 Å². The molecule has 0 saturated carbocycles. The maximum absolute atomic E-state index is 5.91. The van der Waals surface area contributed by atoms with E-state index < -0.39 is 0 Å². The molecule has 1 aliphatic rings. The number of rotatable bonds is 3. The first-order valence-electron chi connectivity index (χ1n) is 6.63. The van der Waals surface area contributed by atoms with E-state index in [0.29, 0.717) is 0 Å². The van der Waals surface area contributed by atoms with Crippen LogP contribution in [-0.4, -0.2) is 13.2 Å². The van der Waals surface area contributed by atoms with Crippen molar-refractivity contribution in [1.82, 2.24) is 0 Å². The van der Waals surface area contributed by atoms with Gasteiger partial charge in [-0.25, -0.2) is 0 Å². The van der Waals surface area contributed by atoms with Gasteiger partial charge < -0.3 is 10.1 Å². The van der Waals surface area contributed by atoms with Crippen molar-refractivity contribution in [2.24, 2.45) is 0 Å². The number of nitrogens with one attached hydrogen (secondary N) is 1. The number of hydrogen-bond acceptors (Lipinski definition) is 2. The summed E-state index contributed by atoms with van der Waals surface area (Å²) in [5, 5.41) is 3.47. The minimum Gasteiger partial charge on any atom is -0.380 e. The number of fused-ring (bicyclic) bond motifs is 1. The van der Waals surface area contributed by atoms with Crippen LogP contribution in [0.5, 0.6) is 0 Å². The minimum absolute atomic E-state index is 0.110. The molecule has 0 aliphatic carbocycles. The summed E-state index contributed by atoms with van der Waals surface area (Å²) in [6.45, 7) is 1.55. The zero-order valence-corrected chi connectivity index (χ0v) is 14.1. The molecule has 20 heavy (non-hydrogen) atoms. The van der Waals surface area contributed by atoms with Crippen molar-refractivity contribution in [2.75, 3.05) is 18.5 Å². The van der Waals surface area contributed by atoms with E-state index in [2.05, 4.69) is 61.4 Å². The Morgan fingerprint density at radius 1 is 1.05 bits per heavy atom. The second-order valence-electron chi connectivity index (χ2n) is 4.79. The number of ether oxygens (including phenoxy) is 1. The minimum atomic E-state index is 0.110. The summed E-state index contributed by atoms with van der Waals surface area (Å²) in [4.78, 5) is 0. The van der Waals surface area contributed by atoms with E-state index in [1.165, 1.54) is 11.1 Å². The Kier molecular flexibility index (Phi) is 4.44. The molecule has 0 bridgehead atoms. The molecule has 1 N–H and O–H groups in total. The quantitative estimate of drug-likeness (QED) is 0.793. The van der Waals surface area contributed by atoms with Crippen molar-refractivity contribution in [2.45, 2.75) is 12.5 Å². The molecule has 0 saturated heterocycles. The summed E-state index contributed by atoms with van der Waals surface area (Å²) in [5.41, 5.74) is 3.77. The van der Waals surface area contributed by atoms with Crippen molar-refractivity contribution in [3.8, 4) is 0 Å². The van der Waals surface area contributed by atoms with Crippen LogP contribution >= 0.6 is 31.9 Å². The topological polar surface area (TPSA) is 21.3 Å². The summed E-state index contributed by atoms with van der Waals surface area (Å²) < 4.78 is 8.02. The number of hydrogen-bond donors (Lipinski definition) is 1. The molecule has 1 heterocycles. The molecule has 1 unspecified atom stereocenters. The highest BCUT2D eigenvalue weighted by Crippen LogP contribution is 2.32. The summed E-state index contributed by atoms with van der Waals surface area (Å²) in [7, 11) is 0. The van der Waals surface area contributed by atoms with E-state index in [0.717, 1.165) is 34.2 Å². The summed E-state index contributed by atoms with van der Waals surface area (Å²) >= 11 is 7.14. The van der Waals surface area contributed by atoms with Gasteiger partial charge in [0.1, 0.15) is 0 Å². The Bertz CT molecular complexity index is 595. The fraction of sp³-hybridized carbons (Fsp3) is 0.250. The van der Waals surface area contributed by atoms with E-state index in [1.54, 1.807) is 0 Å². The van der Waals surface area contributed by atoms with Crippen LogP contribution in [0.3, 0.4) is 0 Å². The van der Waals surface area contributed by atoms with Gasteiger partial charge in [0, 0.05) is 15.5 Å². The maximum atomic E-state index is 5.91. The third-order valence-electron chi connectivity index (χ3n) is 3.52. The van der Waals surface area contributed by atoms with E-state index in [1.807, 2.05) is 18.2 Å². The standard InChI is InChI=1S/C16H15Br2NO/c17-13-6-3-7-14(18)16(13)19-10-15-12-5-2-1-4-11(12)8-9-20-15/h1-7,15,19H,8-10H2. The summed E-state index contributed by atoms with van der Waals surface area (Å²) in [6.07, 6.45) is 1.12. The van der Waals surface area contributed by atoms with Gasteiger partial charge in [0.05, 0.1) is 18.4 Å². The van der Waals surface area contributed by atoms with Gasteiger partial charge in [0.25, 0.3) is 0 Å². The molecule has 104 valence electrons. The number of anilines is 1. The molecule has 0 fully saturated rings. The van der Waals surface area contributed by atoms with Crippen LogP contribution in [0.2, 0.25) is 0 Å². The fourth-order valence-corrected chi connectivity index (χ4v) is 3.79. The molecule has 0 amide bonds. The molecular formula is C16H15Br2NO. The van der Waals surface area contributed by atoms with Gasteiger partial charge in [-0.3, -0.25) is 0 Å². The van der Waals surface area contributed by atoms with Gasteiger partial charge in [-0.2, -0.15) is 0 Å². The first kappa shape index (κ1) is 14.1. The average molecular weight is 397 g/mol. The lowest BCUT2D eigenvalue weighted by molar-refractivity contribution is 0.0513. The Morgan fingerprint density at radius 3 is 2.60 bits per heavy atom. The lowest BCUT2D eigenvalue weighted by atomic mass is 9.97. The lowest BCUT2D eigenvalue weighted by Crippen LogP contribution is -2.22. The highest BCUT2D eigenvalue weighted by Gasteiger charge is 2.20.